The fourth-order valence-electron chi connectivity index (χ4n) is 1.22. The minimum absolute atomic E-state index is 0.625. The number of aromatic nitrogens is 3. The van der Waals surface area contributed by atoms with Crippen LogP contribution in [0.1, 0.15) is 6.92 Å². The van der Waals surface area contributed by atoms with Crippen LogP contribution in [0.15, 0.2) is 36.8 Å². The zero-order valence-electron chi connectivity index (χ0n) is 7.92. The van der Waals surface area contributed by atoms with Crippen molar-refractivity contribution < 1.29 is 4.74 Å². The number of hydrogen-bond acceptors (Lipinski definition) is 3. The molecule has 0 atom stereocenters. The summed E-state index contributed by atoms with van der Waals surface area (Å²) in [7, 11) is 0. The van der Waals surface area contributed by atoms with Gasteiger partial charge in [0.1, 0.15) is 0 Å². The lowest BCUT2D eigenvalue weighted by molar-refractivity contribution is 0.336. The number of rotatable bonds is 3. The molecule has 0 bridgehead atoms. The minimum Gasteiger partial charge on any atom is -0.490 e. The first-order valence-electron chi connectivity index (χ1n) is 4.49. The Morgan fingerprint density at radius 2 is 2.29 bits per heavy atom. The van der Waals surface area contributed by atoms with Crippen LogP contribution in [0.25, 0.3) is 5.82 Å². The molecule has 0 aliphatic heterocycles. The van der Waals surface area contributed by atoms with Gasteiger partial charge >= 0.3 is 0 Å². The fraction of sp³-hybridized carbons (Fsp3) is 0.200. The van der Waals surface area contributed by atoms with Crippen LogP contribution in [0.2, 0.25) is 0 Å². The molecule has 2 rings (SSSR count). The Morgan fingerprint density at radius 1 is 1.36 bits per heavy atom. The Morgan fingerprint density at radius 3 is 3.00 bits per heavy atom. The van der Waals surface area contributed by atoms with Gasteiger partial charge in [-0.15, -0.1) is 0 Å². The van der Waals surface area contributed by atoms with Crippen molar-refractivity contribution in [2.75, 3.05) is 6.61 Å². The monoisotopic (exact) mass is 189 g/mol. The highest BCUT2D eigenvalue weighted by Gasteiger charge is 2.05. The predicted octanol–water partition coefficient (Wildman–Crippen LogP) is 1.67. The van der Waals surface area contributed by atoms with Gasteiger partial charge < -0.3 is 4.74 Å². The van der Waals surface area contributed by atoms with E-state index in [-0.39, 0.29) is 0 Å². The maximum absolute atomic E-state index is 5.44. The number of nitrogens with zero attached hydrogens (tertiary/aromatic N) is 3. The fourth-order valence-corrected chi connectivity index (χ4v) is 1.22. The second kappa shape index (κ2) is 3.91. The Kier molecular flexibility index (Phi) is 2.44. The normalized spacial score (nSPS) is 10.1. The number of ether oxygens (including phenoxy) is 1. The van der Waals surface area contributed by atoms with Gasteiger partial charge in [-0.2, -0.15) is 5.10 Å². The van der Waals surface area contributed by atoms with E-state index in [0.717, 1.165) is 11.6 Å². The van der Waals surface area contributed by atoms with Crippen LogP contribution in [-0.4, -0.2) is 21.4 Å². The van der Waals surface area contributed by atoms with Crippen molar-refractivity contribution in [3.05, 3.63) is 36.8 Å². The van der Waals surface area contributed by atoms with Gasteiger partial charge in [0.15, 0.2) is 11.6 Å². The van der Waals surface area contributed by atoms with Crippen molar-refractivity contribution in [3.8, 4) is 11.6 Å². The van der Waals surface area contributed by atoms with Crippen LogP contribution in [-0.2, 0) is 0 Å². The molecule has 0 aromatic carbocycles. The van der Waals surface area contributed by atoms with Crippen molar-refractivity contribution in [1.82, 2.24) is 14.8 Å². The lowest BCUT2D eigenvalue weighted by atomic mass is 10.4. The Balaban J connectivity index is 2.42. The molecule has 72 valence electrons. The summed E-state index contributed by atoms with van der Waals surface area (Å²) in [6.45, 7) is 2.57. The molecule has 14 heavy (non-hydrogen) atoms. The topological polar surface area (TPSA) is 39.9 Å². The van der Waals surface area contributed by atoms with Gasteiger partial charge in [-0.25, -0.2) is 9.67 Å². The summed E-state index contributed by atoms with van der Waals surface area (Å²) in [5.41, 5.74) is 0. The van der Waals surface area contributed by atoms with Crippen LogP contribution in [0.3, 0.4) is 0 Å². The Hall–Kier alpha value is -1.84. The summed E-state index contributed by atoms with van der Waals surface area (Å²) in [6, 6.07) is 5.58. The van der Waals surface area contributed by atoms with E-state index in [1.807, 2.05) is 31.3 Å². The molecule has 0 spiro atoms. The first kappa shape index (κ1) is 8.74. The highest BCUT2D eigenvalue weighted by molar-refractivity contribution is 5.38. The van der Waals surface area contributed by atoms with Gasteiger partial charge in [0.2, 0.25) is 0 Å². The SMILES string of the molecule is CCOc1cccnc1-n1cccn1. The summed E-state index contributed by atoms with van der Waals surface area (Å²) in [6.07, 6.45) is 5.27. The van der Waals surface area contributed by atoms with E-state index in [9.17, 15) is 0 Å². The summed E-state index contributed by atoms with van der Waals surface area (Å²) < 4.78 is 7.12. The highest BCUT2D eigenvalue weighted by Crippen LogP contribution is 2.18. The maximum Gasteiger partial charge on any atom is 0.196 e. The molecule has 4 nitrogen and oxygen atoms in total. The van der Waals surface area contributed by atoms with E-state index < -0.39 is 0 Å². The average Bonchev–Trinajstić information content (AvgIpc) is 2.72. The quantitative estimate of drug-likeness (QED) is 0.737. The standard InChI is InChI=1S/C10H11N3O/c1-2-14-9-5-3-6-11-10(9)13-8-4-7-12-13/h3-8H,2H2,1H3. The first-order chi connectivity index (χ1) is 6.92. The number of hydrogen-bond donors (Lipinski definition) is 0. The zero-order chi connectivity index (χ0) is 9.80. The van der Waals surface area contributed by atoms with E-state index in [4.69, 9.17) is 4.74 Å². The molecule has 0 amide bonds. The van der Waals surface area contributed by atoms with Crippen LogP contribution in [0.4, 0.5) is 0 Å². The molecule has 0 aliphatic rings. The molecule has 0 fully saturated rings. The Labute approximate surface area is 82.2 Å². The molecule has 2 heterocycles. The van der Waals surface area contributed by atoms with Crippen LogP contribution in [0, 0.1) is 0 Å². The summed E-state index contributed by atoms with van der Waals surface area (Å²) in [5, 5.41) is 4.10. The van der Waals surface area contributed by atoms with Gasteiger partial charge in [0.05, 0.1) is 6.61 Å². The largest absolute Gasteiger partial charge is 0.490 e. The van der Waals surface area contributed by atoms with E-state index in [2.05, 4.69) is 10.1 Å². The molecule has 2 aromatic heterocycles. The van der Waals surface area contributed by atoms with Gasteiger partial charge in [0, 0.05) is 18.6 Å². The summed E-state index contributed by atoms with van der Waals surface area (Å²) in [4.78, 5) is 4.22. The third kappa shape index (κ3) is 1.59. The highest BCUT2D eigenvalue weighted by atomic mass is 16.5. The van der Waals surface area contributed by atoms with Gasteiger partial charge in [-0.3, -0.25) is 0 Å². The summed E-state index contributed by atoms with van der Waals surface area (Å²) >= 11 is 0. The van der Waals surface area contributed by atoms with E-state index in [1.54, 1.807) is 17.1 Å². The molecular weight excluding hydrogens is 178 g/mol. The molecular formula is C10H11N3O. The maximum atomic E-state index is 5.44. The first-order valence-corrected chi connectivity index (χ1v) is 4.49. The second-order valence-electron chi connectivity index (χ2n) is 2.71. The van der Waals surface area contributed by atoms with E-state index in [1.165, 1.54) is 0 Å². The predicted molar refractivity (Wildman–Crippen MR) is 52.5 cm³/mol. The smallest absolute Gasteiger partial charge is 0.196 e. The molecule has 0 saturated carbocycles. The van der Waals surface area contributed by atoms with Gasteiger partial charge in [-0.1, -0.05) is 0 Å². The molecule has 0 N–H and O–H groups in total. The van der Waals surface area contributed by atoms with E-state index >= 15 is 0 Å². The van der Waals surface area contributed by atoms with Crippen LogP contribution >= 0.6 is 0 Å². The van der Waals surface area contributed by atoms with Crippen molar-refractivity contribution in [2.24, 2.45) is 0 Å². The average molecular weight is 189 g/mol. The third-order valence-corrected chi connectivity index (χ3v) is 1.77. The summed E-state index contributed by atoms with van der Waals surface area (Å²) in [5.74, 6) is 1.47. The molecule has 0 unspecified atom stereocenters. The van der Waals surface area contributed by atoms with E-state index in [0.29, 0.717) is 6.61 Å². The second-order valence-corrected chi connectivity index (χ2v) is 2.71. The van der Waals surface area contributed by atoms with Gasteiger partial charge in [-0.05, 0) is 25.1 Å². The van der Waals surface area contributed by atoms with Crippen LogP contribution < -0.4 is 4.74 Å². The molecule has 0 saturated heterocycles. The molecule has 0 radical (unpaired) electrons. The molecule has 4 heteroatoms. The Bertz CT molecular complexity index is 398. The molecule has 0 aliphatic carbocycles. The van der Waals surface area contributed by atoms with Crippen molar-refractivity contribution in [3.63, 3.8) is 0 Å². The van der Waals surface area contributed by atoms with Crippen molar-refractivity contribution in [1.29, 1.82) is 0 Å². The van der Waals surface area contributed by atoms with Crippen molar-refractivity contribution in [2.45, 2.75) is 6.92 Å². The zero-order valence-corrected chi connectivity index (χ0v) is 7.92. The lowest BCUT2D eigenvalue weighted by Crippen LogP contribution is -2.02. The molecule has 2 aromatic rings. The lowest BCUT2D eigenvalue weighted by Gasteiger charge is -2.07. The van der Waals surface area contributed by atoms with Gasteiger partial charge in [0.25, 0.3) is 0 Å². The minimum atomic E-state index is 0.625. The van der Waals surface area contributed by atoms with Crippen molar-refractivity contribution >= 4 is 0 Å². The van der Waals surface area contributed by atoms with Crippen LogP contribution in [0.5, 0.6) is 5.75 Å². The number of pyridine rings is 1. The third-order valence-electron chi connectivity index (χ3n) is 1.77.